The standard InChI is InChI=1S/C12H17ClN2O2/c1-4-10(12(16)15-14)17-9-5-7(2)11(13)8(3)6-9/h5-6,10H,4,14H2,1-3H3,(H,15,16)/t10-/m0/s1. The molecule has 0 bridgehead atoms. The maximum absolute atomic E-state index is 11.4. The summed E-state index contributed by atoms with van der Waals surface area (Å²) in [5, 5.41) is 0.716. The van der Waals surface area contributed by atoms with E-state index in [4.69, 9.17) is 22.2 Å². The van der Waals surface area contributed by atoms with E-state index in [-0.39, 0.29) is 5.91 Å². The number of carbonyl (C=O) groups excluding carboxylic acids is 1. The van der Waals surface area contributed by atoms with Crippen LogP contribution in [-0.4, -0.2) is 12.0 Å². The molecule has 0 aromatic heterocycles. The van der Waals surface area contributed by atoms with Gasteiger partial charge >= 0.3 is 0 Å². The first-order valence-corrected chi connectivity index (χ1v) is 5.81. The Kier molecular flexibility index (Phi) is 4.78. The second kappa shape index (κ2) is 5.89. The molecule has 0 unspecified atom stereocenters. The van der Waals surface area contributed by atoms with Crippen LogP contribution in [0.25, 0.3) is 0 Å². The lowest BCUT2D eigenvalue weighted by Gasteiger charge is -2.17. The Balaban J connectivity index is 2.91. The van der Waals surface area contributed by atoms with Crippen LogP contribution in [0.5, 0.6) is 5.75 Å². The van der Waals surface area contributed by atoms with E-state index in [1.165, 1.54) is 0 Å². The minimum absolute atomic E-state index is 0.335. The molecule has 1 amide bonds. The van der Waals surface area contributed by atoms with Crippen LogP contribution < -0.4 is 16.0 Å². The molecule has 0 aliphatic rings. The summed E-state index contributed by atoms with van der Waals surface area (Å²) in [5.41, 5.74) is 3.93. The molecule has 0 aliphatic heterocycles. The Hall–Kier alpha value is -1.26. The molecule has 94 valence electrons. The number of halogens is 1. The molecular formula is C12H17ClN2O2. The fraction of sp³-hybridized carbons (Fsp3) is 0.417. The van der Waals surface area contributed by atoms with E-state index < -0.39 is 6.10 Å². The Labute approximate surface area is 106 Å². The third-order valence-corrected chi connectivity index (χ3v) is 3.09. The van der Waals surface area contributed by atoms with Gasteiger partial charge in [0.2, 0.25) is 0 Å². The van der Waals surface area contributed by atoms with E-state index in [2.05, 4.69) is 5.43 Å². The Morgan fingerprint density at radius 3 is 2.41 bits per heavy atom. The molecule has 1 aromatic rings. The van der Waals surface area contributed by atoms with Crippen LogP contribution in [0, 0.1) is 13.8 Å². The van der Waals surface area contributed by atoms with Crippen molar-refractivity contribution in [2.45, 2.75) is 33.3 Å². The molecule has 0 aliphatic carbocycles. The van der Waals surface area contributed by atoms with Crippen molar-refractivity contribution in [1.82, 2.24) is 5.43 Å². The van der Waals surface area contributed by atoms with Gasteiger partial charge in [0, 0.05) is 5.02 Å². The fourth-order valence-corrected chi connectivity index (χ4v) is 1.66. The number of aryl methyl sites for hydroxylation is 2. The molecule has 1 rings (SSSR count). The number of rotatable bonds is 4. The smallest absolute Gasteiger partial charge is 0.274 e. The van der Waals surface area contributed by atoms with Crippen LogP contribution >= 0.6 is 11.6 Å². The van der Waals surface area contributed by atoms with Gasteiger partial charge in [0.1, 0.15) is 5.75 Å². The fourth-order valence-electron chi connectivity index (χ4n) is 1.55. The Morgan fingerprint density at radius 1 is 1.47 bits per heavy atom. The first-order chi connectivity index (χ1) is 7.99. The van der Waals surface area contributed by atoms with Gasteiger partial charge in [-0.25, -0.2) is 5.84 Å². The molecule has 0 heterocycles. The summed E-state index contributed by atoms with van der Waals surface area (Å²) in [6.07, 6.45) is -0.0380. The average Bonchev–Trinajstić information content (AvgIpc) is 2.31. The monoisotopic (exact) mass is 256 g/mol. The summed E-state index contributed by atoms with van der Waals surface area (Å²) in [5.74, 6) is 5.37. The maximum atomic E-state index is 11.4. The van der Waals surface area contributed by atoms with Crippen molar-refractivity contribution in [1.29, 1.82) is 0 Å². The minimum Gasteiger partial charge on any atom is -0.481 e. The van der Waals surface area contributed by atoms with Gasteiger partial charge in [-0.05, 0) is 43.5 Å². The van der Waals surface area contributed by atoms with Gasteiger partial charge in [-0.1, -0.05) is 18.5 Å². The van der Waals surface area contributed by atoms with Crippen LogP contribution in [-0.2, 0) is 4.79 Å². The zero-order valence-corrected chi connectivity index (χ0v) is 11.0. The predicted molar refractivity (Wildman–Crippen MR) is 68.0 cm³/mol. The van der Waals surface area contributed by atoms with Gasteiger partial charge in [-0.15, -0.1) is 0 Å². The number of ether oxygens (including phenoxy) is 1. The van der Waals surface area contributed by atoms with Gasteiger partial charge < -0.3 is 4.74 Å². The van der Waals surface area contributed by atoms with Crippen molar-refractivity contribution in [3.05, 3.63) is 28.3 Å². The second-order valence-corrected chi connectivity index (χ2v) is 4.27. The van der Waals surface area contributed by atoms with Gasteiger partial charge in [0.25, 0.3) is 5.91 Å². The SMILES string of the molecule is CC[C@H](Oc1cc(C)c(Cl)c(C)c1)C(=O)NN. The summed E-state index contributed by atoms with van der Waals surface area (Å²) < 4.78 is 5.58. The predicted octanol–water partition coefficient (Wildman–Crippen LogP) is 2.10. The molecule has 5 heteroatoms. The van der Waals surface area contributed by atoms with Crippen molar-refractivity contribution < 1.29 is 9.53 Å². The van der Waals surface area contributed by atoms with E-state index in [0.717, 1.165) is 11.1 Å². The molecule has 3 N–H and O–H groups in total. The van der Waals surface area contributed by atoms with Gasteiger partial charge in [0.15, 0.2) is 6.10 Å². The van der Waals surface area contributed by atoms with E-state index >= 15 is 0 Å². The van der Waals surface area contributed by atoms with Crippen molar-refractivity contribution in [2.24, 2.45) is 5.84 Å². The van der Waals surface area contributed by atoms with E-state index in [9.17, 15) is 4.79 Å². The normalized spacial score (nSPS) is 12.1. The Bertz CT molecular complexity index is 398. The van der Waals surface area contributed by atoms with Crippen LogP contribution in [0.2, 0.25) is 5.02 Å². The molecule has 1 atom stereocenters. The van der Waals surface area contributed by atoms with E-state index in [1.807, 2.05) is 32.9 Å². The van der Waals surface area contributed by atoms with Crippen molar-refractivity contribution in [3.8, 4) is 5.75 Å². The third kappa shape index (κ3) is 3.35. The summed E-state index contributed by atoms with van der Waals surface area (Å²) in [6.45, 7) is 5.65. The molecule has 4 nitrogen and oxygen atoms in total. The molecule has 0 radical (unpaired) electrons. The minimum atomic E-state index is -0.583. The van der Waals surface area contributed by atoms with Crippen LogP contribution in [0.15, 0.2) is 12.1 Å². The lowest BCUT2D eigenvalue weighted by Crippen LogP contribution is -2.41. The van der Waals surface area contributed by atoms with E-state index in [0.29, 0.717) is 17.2 Å². The summed E-state index contributed by atoms with van der Waals surface area (Å²) in [7, 11) is 0. The zero-order valence-electron chi connectivity index (χ0n) is 10.2. The van der Waals surface area contributed by atoms with Crippen molar-refractivity contribution >= 4 is 17.5 Å². The second-order valence-electron chi connectivity index (χ2n) is 3.89. The van der Waals surface area contributed by atoms with Gasteiger partial charge in [-0.2, -0.15) is 0 Å². The van der Waals surface area contributed by atoms with Gasteiger partial charge in [-0.3, -0.25) is 10.2 Å². The first-order valence-electron chi connectivity index (χ1n) is 5.43. The highest BCUT2D eigenvalue weighted by atomic mass is 35.5. The number of benzene rings is 1. The number of nitrogens with one attached hydrogen (secondary N) is 1. The molecule has 1 aromatic carbocycles. The summed E-state index contributed by atoms with van der Waals surface area (Å²) >= 11 is 6.06. The molecule has 0 fully saturated rings. The van der Waals surface area contributed by atoms with Crippen molar-refractivity contribution in [3.63, 3.8) is 0 Å². The van der Waals surface area contributed by atoms with Crippen LogP contribution in [0.3, 0.4) is 0 Å². The van der Waals surface area contributed by atoms with Crippen LogP contribution in [0.1, 0.15) is 24.5 Å². The van der Waals surface area contributed by atoms with E-state index in [1.54, 1.807) is 0 Å². The molecule has 17 heavy (non-hydrogen) atoms. The lowest BCUT2D eigenvalue weighted by atomic mass is 10.1. The number of nitrogens with two attached hydrogens (primary N) is 1. The molecule has 0 saturated heterocycles. The molecular weight excluding hydrogens is 240 g/mol. The number of amides is 1. The summed E-state index contributed by atoms with van der Waals surface area (Å²) in [6, 6.07) is 3.61. The highest BCUT2D eigenvalue weighted by molar-refractivity contribution is 6.32. The third-order valence-electron chi connectivity index (χ3n) is 2.49. The maximum Gasteiger partial charge on any atom is 0.274 e. The first kappa shape index (κ1) is 13.8. The number of hydrazine groups is 1. The molecule has 0 saturated carbocycles. The zero-order chi connectivity index (χ0) is 13.0. The highest BCUT2D eigenvalue weighted by Gasteiger charge is 2.17. The molecule has 0 spiro atoms. The quantitative estimate of drug-likeness (QED) is 0.493. The topological polar surface area (TPSA) is 64.3 Å². The number of carbonyl (C=O) groups is 1. The summed E-state index contributed by atoms with van der Waals surface area (Å²) in [4.78, 5) is 11.4. The number of hydrogen-bond acceptors (Lipinski definition) is 3. The highest BCUT2D eigenvalue weighted by Crippen LogP contribution is 2.26. The lowest BCUT2D eigenvalue weighted by molar-refractivity contribution is -0.128. The largest absolute Gasteiger partial charge is 0.481 e. The Morgan fingerprint density at radius 2 is 2.00 bits per heavy atom. The van der Waals surface area contributed by atoms with Crippen molar-refractivity contribution in [2.75, 3.05) is 0 Å². The van der Waals surface area contributed by atoms with Crippen LogP contribution in [0.4, 0.5) is 0 Å². The average molecular weight is 257 g/mol. The number of hydrogen-bond donors (Lipinski definition) is 2. The van der Waals surface area contributed by atoms with Gasteiger partial charge in [0.05, 0.1) is 0 Å².